The number of β-amino-alcohol motifs (C(OH)–C–C–N with tert-alkyl or cyclic N) is 2. The first kappa shape index (κ1) is 58.1. The predicted octanol–water partition coefficient (Wildman–Crippen LogP) is 14.3. The van der Waals surface area contributed by atoms with E-state index in [0.29, 0.717) is 38.9 Å². The number of fused-ring (bicyclic) bond motifs is 2. The first-order chi connectivity index (χ1) is 36.9. The molecule has 9 nitrogen and oxygen atoms in total. The van der Waals surface area contributed by atoms with E-state index in [0.717, 1.165) is 12.1 Å². The summed E-state index contributed by atoms with van der Waals surface area (Å²) in [5.41, 5.74) is 4.03. The molecule has 0 aliphatic carbocycles. The zero-order chi connectivity index (χ0) is 56.4. The van der Waals surface area contributed by atoms with E-state index in [2.05, 4.69) is 9.47 Å². The molecule has 4 unspecified atom stereocenters. The van der Waals surface area contributed by atoms with Gasteiger partial charge in [0.15, 0.2) is 29.5 Å². The second-order valence-corrected chi connectivity index (χ2v) is 17.5. The summed E-state index contributed by atoms with van der Waals surface area (Å²) in [5, 5.41) is 19.7. The second-order valence-electron chi connectivity index (χ2n) is 17.3. The van der Waals surface area contributed by atoms with Crippen molar-refractivity contribution >= 4 is 28.8 Å². The third-order valence-corrected chi connectivity index (χ3v) is 12.2. The van der Waals surface area contributed by atoms with E-state index in [1.54, 1.807) is 121 Å². The van der Waals surface area contributed by atoms with Gasteiger partial charge in [0.2, 0.25) is 0 Å². The van der Waals surface area contributed by atoms with Gasteiger partial charge in [-0.25, -0.2) is 0 Å². The molecular weight excluding hydrogens is 1080 g/mol. The zero-order valence-electron chi connectivity index (χ0n) is 40.3. The van der Waals surface area contributed by atoms with Crippen LogP contribution in [-0.4, -0.2) is 85.5 Å². The van der Waals surface area contributed by atoms with Crippen LogP contribution in [0.5, 0.6) is 23.0 Å². The number of rotatable bonds is 12. The summed E-state index contributed by atoms with van der Waals surface area (Å²) in [6.45, 7) is -1.56. The van der Waals surface area contributed by atoms with Crippen molar-refractivity contribution in [2.24, 2.45) is 0 Å². The fourth-order valence-electron chi connectivity index (χ4n) is 8.46. The molecule has 0 bridgehead atoms. The van der Waals surface area contributed by atoms with Gasteiger partial charge in [-0.15, -0.1) is 37.9 Å². The number of benzene rings is 7. The Morgan fingerprint density at radius 3 is 1.22 bits per heavy atom. The lowest BCUT2D eigenvalue weighted by atomic mass is 9.98. The molecule has 9 rings (SSSR count). The SMILES string of the molecule is O=C(CCl)c1ccccc1.OC(CN1c2cccc(-c3cccc(OC(F)(F)F)c3)c2OCC1c1ccccc1)C(F)(F)F.OC(CN1c2cccc(-c3cccc(OC(F)(F)F)c3)c2OCC1c1ccccc1)C(F)(F)F. The number of Topliss-reactive ketones (excluding diaryl/α,β-unsaturated/α-hetero) is 1. The van der Waals surface area contributed by atoms with E-state index in [9.17, 15) is 67.7 Å². The number of anilines is 2. The van der Waals surface area contributed by atoms with Gasteiger partial charge in [0.05, 0.1) is 42.4 Å². The molecule has 78 heavy (non-hydrogen) atoms. The molecule has 0 aromatic heterocycles. The maximum Gasteiger partial charge on any atom is 0.573 e. The highest BCUT2D eigenvalue weighted by atomic mass is 35.5. The average Bonchev–Trinajstić information content (AvgIpc) is 3.60. The zero-order valence-corrected chi connectivity index (χ0v) is 41.1. The molecule has 4 atom stereocenters. The minimum absolute atomic E-state index is 0.0257. The molecular formula is C56H45ClF12N2O7. The number of hydrogen-bond donors (Lipinski definition) is 2. The van der Waals surface area contributed by atoms with Crippen LogP contribution in [-0.2, 0) is 0 Å². The summed E-state index contributed by atoms with van der Waals surface area (Å²) in [6.07, 6.45) is -24.6. The van der Waals surface area contributed by atoms with E-state index in [-0.39, 0.29) is 47.8 Å². The third-order valence-electron chi connectivity index (χ3n) is 12.0. The number of nitrogens with zero attached hydrogens (tertiary/aromatic N) is 2. The summed E-state index contributed by atoms with van der Waals surface area (Å²) in [6, 6.07) is 45.1. The van der Waals surface area contributed by atoms with Crippen LogP contribution in [0.2, 0.25) is 0 Å². The molecule has 0 saturated heterocycles. The maximum atomic E-state index is 13.2. The topological polar surface area (TPSA) is 101 Å². The van der Waals surface area contributed by atoms with E-state index >= 15 is 0 Å². The quantitative estimate of drug-likeness (QED) is 0.0704. The predicted molar refractivity (Wildman–Crippen MR) is 267 cm³/mol. The number of ether oxygens (including phenoxy) is 4. The molecule has 22 heteroatoms. The van der Waals surface area contributed by atoms with Crippen LogP contribution in [0.4, 0.5) is 64.1 Å². The number of ketones is 1. The minimum Gasteiger partial charge on any atom is -0.488 e. The third kappa shape index (κ3) is 15.3. The van der Waals surface area contributed by atoms with Crippen LogP contribution >= 0.6 is 11.6 Å². The lowest BCUT2D eigenvalue weighted by Crippen LogP contribution is -2.46. The number of alkyl halides is 13. The van der Waals surface area contributed by atoms with Crippen LogP contribution in [0.1, 0.15) is 33.6 Å². The Hall–Kier alpha value is -7.62. The first-order valence-electron chi connectivity index (χ1n) is 23.4. The van der Waals surface area contributed by atoms with Gasteiger partial charge in [-0.05, 0) is 58.7 Å². The number of aliphatic hydroxyl groups excluding tert-OH is 2. The minimum atomic E-state index is -4.88. The molecule has 2 aliphatic rings. The Balaban J connectivity index is 0.000000192. The summed E-state index contributed by atoms with van der Waals surface area (Å²) in [7, 11) is 0. The number of carbonyl (C=O) groups is 1. The molecule has 0 spiro atoms. The summed E-state index contributed by atoms with van der Waals surface area (Å²) >= 11 is 5.34. The Labute approximate surface area is 443 Å². The van der Waals surface area contributed by atoms with Crippen molar-refractivity contribution < 1.29 is 86.6 Å². The van der Waals surface area contributed by atoms with Gasteiger partial charge in [-0.3, -0.25) is 4.79 Å². The van der Waals surface area contributed by atoms with Crippen LogP contribution < -0.4 is 28.7 Å². The van der Waals surface area contributed by atoms with Crippen molar-refractivity contribution in [2.75, 3.05) is 42.0 Å². The molecule has 2 heterocycles. The standard InChI is InChI=1S/2C24H19F6NO3.C8H7ClO/c2*25-23(26,27)21(32)13-31-19-11-5-10-18(16-8-4-9-17(12-16)34-24(28,29)30)22(19)33-14-20(31)15-6-2-1-3-7-15;9-6-8(10)7-4-2-1-3-5-7/h2*1-12,20-21,32H,13-14H2;1-5H,6H2. The Morgan fingerprint density at radius 1 is 0.513 bits per heavy atom. The smallest absolute Gasteiger partial charge is 0.488 e. The van der Waals surface area contributed by atoms with Crippen molar-refractivity contribution in [3.05, 3.63) is 193 Å². The van der Waals surface area contributed by atoms with Crippen LogP contribution in [0.3, 0.4) is 0 Å². The van der Waals surface area contributed by atoms with E-state index in [1.807, 2.05) is 18.2 Å². The number of aliphatic hydroxyl groups is 2. The highest BCUT2D eigenvalue weighted by molar-refractivity contribution is 6.30. The van der Waals surface area contributed by atoms with Crippen molar-refractivity contribution in [2.45, 2.75) is 49.4 Å². The monoisotopic (exact) mass is 1120 g/mol. The van der Waals surface area contributed by atoms with Crippen molar-refractivity contribution in [3.63, 3.8) is 0 Å². The number of hydrogen-bond acceptors (Lipinski definition) is 9. The van der Waals surface area contributed by atoms with Gasteiger partial charge in [0.25, 0.3) is 0 Å². The summed E-state index contributed by atoms with van der Waals surface area (Å²) < 4.78 is 175. The highest BCUT2D eigenvalue weighted by Gasteiger charge is 2.44. The molecule has 0 saturated carbocycles. The van der Waals surface area contributed by atoms with Crippen molar-refractivity contribution in [1.82, 2.24) is 0 Å². The number of halogens is 13. The van der Waals surface area contributed by atoms with E-state index in [4.69, 9.17) is 21.1 Å². The van der Waals surface area contributed by atoms with Gasteiger partial charge >= 0.3 is 25.1 Å². The summed E-state index contributed by atoms with van der Waals surface area (Å²) in [4.78, 5) is 13.7. The van der Waals surface area contributed by atoms with Gasteiger partial charge in [-0.1, -0.05) is 140 Å². The number of para-hydroxylation sites is 2. The van der Waals surface area contributed by atoms with Crippen molar-refractivity contribution in [3.8, 4) is 45.3 Å². The van der Waals surface area contributed by atoms with Crippen LogP contribution in [0.25, 0.3) is 22.3 Å². The largest absolute Gasteiger partial charge is 0.573 e. The fraction of sp³-hybridized carbons (Fsp3) is 0.232. The Morgan fingerprint density at radius 2 is 0.872 bits per heavy atom. The molecule has 7 aromatic rings. The van der Waals surface area contributed by atoms with Crippen LogP contribution in [0, 0.1) is 0 Å². The average molecular weight is 1120 g/mol. The molecule has 0 fully saturated rings. The molecule has 0 amide bonds. The first-order valence-corrected chi connectivity index (χ1v) is 23.9. The summed E-state index contributed by atoms with van der Waals surface area (Å²) in [5.74, 6) is -0.442. The number of carbonyl (C=O) groups excluding carboxylic acids is 1. The molecule has 7 aromatic carbocycles. The fourth-order valence-corrected chi connectivity index (χ4v) is 8.61. The van der Waals surface area contributed by atoms with E-state index in [1.165, 1.54) is 34.1 Å². The molecule has 0 radical (unpaired) electrons. The van der Waals surface area contributed by atoms with Gasteiger partial charge < -0.3 is 39.0 Å². The van der Waals surface area contributed by atoms with Crippen molar-refractivity contribution in [1.29, 1.82) is 0 Å². The van der Waals surface area contributed by atoms with Gasteiger partial charge in [-0.2, -0.15) is 26.3 Å². The Bertz CT molecular complexity index is 2900. The second kappa shape index (κ2) is 24.8. The molecule has 412 valence electrons. The highest BCUT2D eigenvalue weighted by Crippen LogP contribution is 2.48. The molecule has 2 N–H and O–H groups in total. The maximum absolute atomic E-state index is 13.2. The van der Waals surface area contributed by atoms with Crippen LogP contribution in [0.15, 0.2) is 176 Å². The molecule has 2 aliphatic heterocycles. The van der Waals surface area contributed by atoms with Gasteiger partial charge in [0, 0.05) is 16.7 Å². The normalized spacial score (nSPS) is 16.0. The van der Waals surface area contributed by atoms with Gasteiger partial charge in [0.1, 0.15) is 24.7 Å². The van der Waals surface area contributed by atoms with E-state index < -0.39 is 74.0 Å². The lowest BCUT2D eigenvalue weighted by Gasteiger charge is -2.40. The Kier molecular flexibility index (Phi) is 18.5. The lowest BCUT2D eigenvalue weighted by molar-refractivity contribution is -0.275.